The van der Waals surface area contributed by atoms with Gasteiger partial charge in [0.2, 0.25) is 0 Å². The topological polar surface area (TPSA) is 25.2 Å². The molecule has 2 unspecified atom stereocenters. The molecule has 19 heavy (non-hydrogen) atoms. The molecule has 2 atom stereocenters. The molecule has 0 radical (unpaired) electrons. The minimum Gasteiger partial charge on any atom is -0.392 e. The number of benzene rings is 1. The van der Waals surface area contributed by atoms with E-state index in [0.29, 0.717) is 0 Å². The van der Waals surface area contributed by atoms with Gasteiger partial charge in [-0.1, -0.05) is 37.3 Å². The number of fused-ring (bicyclic) bond motifs is 1. The molecule has 1 aromatic heterocycles. The van der Waals surface area contributed by atoms with E-state index in [1.165, 1.54) is 16.8 Å². The van der Waals surface area contributed by atoms with Crippen molar-refractivity contribution >= 4 is 0 Å². The van der Waals surface area contributed by atoms with E-state index < -0.39 is 0 Å². The van der Waals surface area contributed by atoms with Crippen LogP contribution in [-0.4, -0.2) is 15.8 Å². The quantitative estimate of drug-likeness (QED) is 0.895. The molecular weight excluding hydrogens is 234 g/mol. The Labute approximate surface area is 114 Å². The average Bonchev–Trinajstić information content (AvgIpc) is 2.94. The number of rotatable bonds is 3. The van der Waals surface area contributed by atoms with Crippen LogP contribution in [0.3, 0.4) is 0 Å². The van der Waals surface area contributed by atoms with Gasteiger partial charge in [0.25, 0.3) is 0 Å². The summed E-state index contributed by atoms with van der Waals surface area (Å²) in [7, 11) is 0. The van der Waals surface area contributed by atoms with E-state index in [1.807, 2.05) is 13.0 Å². The third kappa shape index (κ3) is 2.00. The number of aliphatic hydroxyl groups excluding tert-OH is 1. The normalized spacial score (nSPS) is 23.3. The Morgan fingerprint density at radius 1 is 1.26 bits per heavy atom. The van der Waals surface area contributed by atoms with Gasteiger partial charge >= 0.3 is 0 Å². The zero-order valence-electron chi connectivity index (χ0n) is 11.6. The van der Waals surface area contributed by atoms with Gasteiger partial charge in [-0.25, -0.2) is 0 Å². The minimum atomic E-state index is -0.290. The second-order valence-corrected chi connectivity index (χ2v) is 5.88. The molecule has 3 rings (SSSR count). The largest absolute Gasteiger partial charge is 0.392 e. The van der Waals surface area contributed by atoms with Gasteiger partial charge in [-0.2, -0.15) is 0 Å². The maximum Gasteiger partial charge on any atom is 0.0606 e. The molecule has 2 heteroatoms. The number of hydrogen-bond acceptors (Lipinski definition) is 1. The van der Waals surface area contributed by atoms with Crippen molar-refractivity contribution in [1.29, 1.82) is 0 Å². The summed E-state index contributed by atoms with van der Waals surface area (Å²) < 4.78 is 2.33. The van der Waals surface area contributed by atoms with E-state index in [9.17, 15) is 5.11 Å². The first kappa shape index (κ1) is 12.5. The van der Waals surface area contributed by atoms with E-state index in [0.717, 1.165) is 19.4 Å². The van der Waals surface area contributed by atoms with Crippen molar-refractivity contribution in [2.24, 2.45) is 0 Å². The second kappa shape index (κ2) is 4.53. The molecule has 1 N–H and O–H groups in total. The van der Waals surface area contributed by atoms with Gasteiger partial charge in [-0.15, -0.1) is 0 Å². The first-order valence-electron chi connectivity index (χ1n) is 7.02. The van der Waals surface area contributed by atoms with Crippen LogP contribution in [0.2, 0.25) is 0 Å². The lowest BCUT2D eigenvalue weighted by Crippen LogP contribution is -2.31. The van der Waals surface area contributed by atoms with Crippen molar-refractivity contribution in [3.63, 3.8) is 0 Å². The summed E-state index contributed by atoms with van der Waals surface area (Å²) in [6.07, 6.45) is 3.99. The summed E-state index contributed by atoms with van der Waals surface area (Å²) in [6.45, 7) is 5.01. The van der Waals surface area contributed by atoms with Gasteiger partial charge in [0, 0.05) is 23.9 Å². The standard InChI is InChI=1S/C17H21NO/c1-13(19)17(2)10-8-16-15(17)9-11-18(16)12-14-6-4-3-5-7-14/h3-7,9,11,13,19H,8,10,12H2,1-2H3. The Balaban J connectivity index is 1.92. The van der Waals surface area contributed by atoms with Crippen LogP contribution in [0, 0.1) is 0 Å². The lowest BCUT2D eigenvalue weighted by molar-refractivity contribution is 0.108. The number of aliphatic hydroxyl groups is 1. The molecule has 0 aliphatic heterocycles. The second-order valence-electron chi connectivity index (χ2n) is 5.88. The van der Waals surface area contributed by atoms with Crippen molar-refractivity contribution in [2.75, 3.05) is 0 Å². The van der Waals surface area contributed by atoms with Crippen molar-refractivity contribution in [1.82, 2.24) is 4.57 Å². The van der Waals surface area contributed by atoms with Crippen LogP contribution in [0.25, 0.3) is 0 Å². The fraction of sp³-hybridized carbons (Fsp3) is 0.412. The van der Waals surface area contributed by atoms with Crippen molar-refractivity contribution in [3.05, 3.63) is 59.4 Å². The predicted octanol–water partition coefficient (Wildman–Crippen LogP) is 3.12. The predicted molar refractivity (Wildman–Crippen MR) is 77.3 cm³/mol. The fourth-order valence-corrected chi connectivity index (χ4v) is 3.18. The third-order valence-electron chi connectivity index (χ3n) is 4.69. The van der Waals surface area contributed by atoms with Crippen LogP contribution >= 0.6 is 0 Å². The Hall–Kier alpha value is -1.54. The van der Waals surface area contributed by atoms with Crippen LogP contribution in [0.15, 0.2) is 42.6 Å². The molecule has 0 saturated carbocycles. The van der Waals surface area contributed by atoms with Gasteiger partial charge in [0.1, 0.15) is 0 Å². The van der Waals surface area contributed by atoms with E-state index in [-0.39, 0.29) is 11.5 Å². The van der Waals surface area contributed by atoms with Crippen LogP contribution in [-0.2, 0) is 18.4 Å². The minimum absolute atomic E-state index is 0.0722. The lowest BCUT2D eigenvalue weighted by atomic mass is 9.80. The van der Waals surface area contributed by atoms with E-state index >= 15 is 0 Å². The molecule has 1 aliphatic rings. The van der Waals surface area contributed by atoms with Crippen LogP contribution < -0.4 is 0 Å². The van der Waals surface area contributed by atoms with Gasteiger partial charge in [0.15, 0.2) is 0 Å². The molecule has 2 aromatic rings. The molecule has 2 nitrogen and oxygen atoms in total. The van der Waals surface area contributed by atoms with E-state index in [2.05, 4.69) is 48.0 Å². The summed E-state index contributed by atoms with van der Waals surface area (Å²) in [4.78, 5) is 0. The summed E-state index contributed by atoms with van der Waals surface area (Å²) in [5, 5.41) is 10.0. The fourth-order valence-electron chi connectivity index (χ4n) is 3.18. The molecule has 0 saturated heterocycles. The Morgan fingerprint density at radius 2 is 2.00 bits per heavy atom. The SMILES string of the molecule is CC(O)C1(C)CCc2c1ccn2Cc1ccccc1. The maximum absolute atomic E-state index is 10.0. The number of nitrogens with zero attached hydrogens (tertiary/aromatic N) is 1. The molecule has 1 heterocycles. The van der Waals surface area contributed by atoms with E-state index in [1.54, 1.807) is 0 Å². The molecule has 100 valence electrons. The third-order valence-corrected chi connectivity index (χ3v) is 4.69. The van der Waals surface area contributed by atoms with Crippen LogP contribution in [0.4, 0.5) is 0 Å². The molecule has 0 spiro atoms. The molecule has 0 amide bonds. The van der Waals surface area contributed by atoms with Crippen LogP contribution in [0.5, 0.6) is 0 Å². The Kier molecular flexibility index (Phi) is 2.98. The molecule has 0 fully saturated rings. The average molecular weight is 255 g/mol. The lowest BCUT2D eigenvalue weighted by Gasteiger charge is -2.27. The summed E-state index contributed by atoms with van der Waals surface area (Å²) in [5.41, 5.74) is 3.98. The summed E-state index contributed by atoms with van der Waals surface area (Å²) in [5.74, 6) is 0. The Bertz CT molecular complexity index is 570. The smallest absolute Gasteiger partial charge is 0.0606 e. The van der Waals surface area contributed by atoms with Crippen molar-refractivity contribution in [2.45, 2.75) is 44.8 Å². The number of hydrogen-bond donors (Lipinski definition) is 1. The Morgan fingerprint density at radius 3 is 2.68 bits per heavy atom. The monoisotopic (exact) mass is 255 g/mol. The zero-order chi connectivity index (χ0) is 13.5. The highest BCUT2D eigenvalue weighted by molar-refractivity contribution is 5.37. The highest BCUT2D eigenvalue weighted by Crippen LogP contribution is 2.41. The van der Waals surface area contributed by atoms with Gasteiger partial charge < -0.3 is 9.67 Å². The highest BCUT2D eigenvalue weighted by Gasteiger charge is 2.39. The van der Waals surface area contributed by atoms with Gasteiger partial charge in [0.05, 0.1) is 6.10 Å². The molecule has 1 aromatic carbocycles. The molecule has 0 bridgehead atoms. The maximum atomic E-state index is 10.0. The van der Waals surface area contributed by atoms with Crippen LogP contribution in [0.1, 0.15) is 37.1 Å². The van der Waals surface area contributed by atoms with Gasteiger partial charge in [-0.3, -0.25) is 0 Å². The summed E-state index contributed by atoms with van der Waals surface area (Å²) in [6, 6.07) is 12.7. The highest BCUT2D eigenvalue weighted by atomic mass is 16.3. The first-order valence-corrected chi connectivity index (χ1v) is 7.02. The molecular formula is C17H21NO. The van der Waals surface area contributed by atoms with Crippen molar-refractivity contribution < 1.29 is 5.11 Å². The van der Waals surface area contributed by atoms with Gasteiger partial charge in [-0.05, 0) is 37.0 Å². The summed E-state index contributed by atoms with van der Waals surface area (Å²) >= 11 is 0. The van der Waals surface area contributed by atoms with E-state index in [4.69, 9.17) is 0 Å². The van der Waals surface area contributed by atoms with Crippen molar-refractivity contribution in [3.8, 4) is 0 Å². The zero-order valence-corrected chi connectivity index (χ0v) is 11.6. The first-order chi connectivity index (χ1) is 9.11. The molecule has 1 aliphatic carbocycles. The number of aromatic nitrogens is 1.